The molecule has 0 aromatic heterocycles. The third-order valence-corrected chi connectivity index (χ3v) is 2.92. The number of amides is 1. The number of halogens is 2. The minimum atomic E-state index is -0.675. The largest absolute Gasteiger partial charge is 0.452 e. The Labute approximate surface area is 130 Å². The molecule has 2 aromatic rings. The maximum absolute atomic E-state index is 13.5. The summed E-state index contributed by atoms with van der Waals surface area (Å²) in [5, 5.41) is 2.50. The van der Waals surface area contributed by atoms with Crippen molar-refractivity contribution in [2.75, 3.05) is 17.7 Å². The molecule has 7 heteroatoms. The number of benzene rings is 2. The summed E-state index contributed by atoms with van der Waals surface area (Å²) in [7, 11) is 0. The highest BCUT2D eigenvalue weighted by atomic mass is 35.5. The predicted octanol–water partition coefficient (Wildman–Crippen LogP) is 2.86. The highest BCUT2D eigenvalue weighted by Crippen LogP contribution is 2.18. The van der Waals surface area contributed by atoms with E-state index in [1.807, 2.05) is 0 Å². The number of carbonyl (C=O) groups is 2. The van der Waals surface area contributed by atoms with Crippen LogP contribution in [0.15, 0.2) is 42.5 Å². The Morgan fingerprint density at radius 2 is 1.86 bits per heavy atom. The molecule has 0 bridgehead atoms. The van der Waals surface area contributed by atoms with Crippen LogP contribution in [0.1, 0.15) is 10.4 Å². The van der Waals surface area contributed by atoms with Gasteiger partial charge in [-0.15, -0.1) is 0 Å². The van der Waals surface area contributed by atoms with Gasteiger partial charge in [0.1, 0.15) is 5.82 Å². The van der Waals surface area contributed by atoms with Crippen molar-refractivity contribution in [1.29, 1.82) is 0 Å². The van der Waals surface area contributed by atoms with Crippen molar-refractivity contribution in [2.24, 2.45) is 0 Å². The molecule has 2 rings (SSSR count). The third-order valence-electron chi connectivity index (χ3n) is 2.69. The Morgan fingerprint density at radius 1 is 1.18 bits per heavy atom. The molecule has 0 atom stereocenters. The smallest absolute Gasteiger partial charge is 0.338 e. The molecule has 1 amide bonds. The van der Waals surface area contributed by atoms with Crippen LogP contribution >= 0.6 is 11.6 Å². The van der Waals surface area contributed by atoms with E-state index in [0.29, 0.717) is 5.69 Å². The highest BCUT2D eigenvalue weighted by molar-refractivity contribution is 6.30. The molecule has 0 saturated carbocycles. The number of esters is 1. The quantitative estimate of drug-likeness (QED) is 0.670. The van der Waals surface area contributed by atoms with Gasteiger partial charge in [-0.25, -0.2) is 9.18 Å². The van der Waals surface area contributed by atoms with Crippen LogP contribution in [0.2, 0.25) is 5.02 Å². The zero-order valence-electron chi connectivity index (χ0n) is 11.3. The van der Waals surface area contributed by atoms with Crippen LogP contribution in [0, 0.1) is 5.82 Å². The number of anilines is 2. The number of hydrogen-bond donors (Lipinski definition) is 2. The van der Waals surface area contributed by atoms with Crippen LogP contribution in [0.4, 0.5) is 15.8 Å². The fourth-order valence-electron chi connectivity index (χ4n) is 1.61. The van der Waals surface area contributed by atoms with E-state index in [-0.39, 0.29) is 16.3 Å². The zero-order chi connectivity index (χ0) is 16.1. The van der Waals surface area contributed by atoms with Gasteiger partial charge in [0.2, 0.25) is 0 Å². The van der Waals surface area contributed by atoms with Crippen molar-refractivity contribution in [3.8, 4) is 0 Å². The summed E-state index contributed by atoms with van der Waals surface area (Å²) < 4.78 is 18.3. The van der Waals surface area contributed by atoms with E-state index in [0.717, 1.165) is 6.07 Å². The molecule has 0 aliphatic rings. The fraction of sp³-hybridized carbons (Fsp3) is 0.0667. The second-order valence-corrected chi connectivity index (χ2v) is 4.81. The van der Waals surface area contributed by atoms with E-state index in [9.17, 15) is 14.0 Å². The molecule has 0 aliphatic carbocycles. The maximum Gasteiger partial charge on any atom is 0.338 e. The molecule has 5 nitrogen and oxygen atoms in total. The van der Waals surface area contributed by atoms with Crippen molar-refractivity contribution < 1.29 is 18.7 Å². The molecular formula is C15H12ClFN2O3. The summed E-state index contributed by atoms with van der Waals surface area (Å²) in [6.07, 6.45) is 0. The van der Waals surface area contributed by atoms with Gasteiger partial charge in [0.05, 0.1) is 11.3 Å². The standard InChI is InChI=1S/C15H12ClFN2O3/c16-10-3-6-13(12(17)7-10)19-14(20)8-22-15(21)9-1-4-11(18)5-2-9/h1-7H,8,18H2,(H,19,20). The molecule has 0 fully saturated rings. The molecule has 0 spiro atoms. The summed E-state index contributed by atoms with van der Waals surface area (Å²) >= 11 is 5.60. The van der Waals surface area contributed by atoms with Gasteiger partial charge in [-0.05, 0) is 42.5 Å². The van der Waals surface area contributed by atoms with E-state index in [1.54, 1.807) is 12.1 Å². The van der Waals surface area contributed by atoms with Crippen molar-refractivity contribution in [2.45, 2.75) is 0 Å². The Balaban J connectivity index is 1.89. The number of nitrogen functional groups attached to an aromatic ring is 1. The molecule has 114 valence electrons. The van der Waals surface area contributed by atoms with Crippen molar-refractivity contribution in [1.82, 2.24) is 0 Å². The number of nitrogens with one attached hydrogen (secondary N) is 1. The first-order valence-electron chi connectivity index (χ1n) is 6.23. The minimum absolute atomic E-state index is 0.0436. The second kappa shape index (κ2) is 6.91. The predicted molar refractivity (Wildman–Crippen MR) is 81.2 cm³/mol. The lowest BCUT2D eigenvalue weighted by Gasteiger charge is -2.08. The average molecular weight is 323 g/mol. The van der Waals surface area contributed by atoms with E-state index >= 15 is 0 Å². The van der Waals surface area contributed by atoms with Crippen molar-refractivity contribution in [3.63, 3.8) is 0 Å². The maximum atomic E-state index is 13.5. The third kappa shape index (κ3) is 4.20. The van der Waals surface area contributed by atoms with E-state index in [4.69, 9.17) is 22.1 Å². The number of carbonyl (C=O) groups excluding carboxylic acids is 2. The summed E-state index contributed by atoms with van der Waals surface area (Å²) in [5.74, 6) is -2.01. The Hall–Kier alpha value is -2.60. The van der Waals surface area contributed by atoms with Gasteiger partial charge < -0.3 is 15.8 Å². The second-order valence-electron chi connectivity index (χ2n) is 4.37. The lowest BCUT2D eigenvalue weighted by Crippen LogP contribution is -2.21. The summed E-state index contributed by atoms with van der Waals surface area (Å²) in [5.41, 5.74) is 6.23. The summed E-state index contributed by atoms with van der Waals surface area (Å²) in [4.78, 5) is 23.3. The first-order valence-corrected chi connectivity index (χ1v) is 6.61. The molecule has 0 heterocycles. The van der Waals surface area contributed by atoms with E-state index in [1.165, 1.54) is 24.3 Å². The van der Waals surface area contributed by atoms with Gasteiger partial charge >= 0.3 is 5.97 Å². The van der Waals surface area contributed by atoms with Gasteiger partial charge in [0.15, 0.2) is 6.61 Å². The van der Waals surface area contributed by atoms with Crippen LogP contribution in [0.3, 0.4) is 0 Å². The first-order chi connectivity index (χ1) is 10.5. The summed E-state index contributed by atoms with van der Waals surface area (Å²) in [6.45, 7) is -0.536. The lowest BCUT2D eigenvalue weighted by atomic mass is 10.2. The minimum Gasteiger partial charge on any atom is -0.452 e. The molecule has 0 radical (unpaired) electrons. The number of ether oxygens (including phenoxy) is 1. The topological polar surface area (TPSA) is 81.4 Å². The number of rotatable bonds is 4. The molecule has 22 heavy (non-hydrogen) atoms. The van der Waals surface area contributed by atoms with Gasteiger partial charge in [0.25, 0.3) is 5.91 Å². The number of hydrogen-bond acceptors (Lipinski definition) is 4. The van der Waals surface area contributed by atoms with Crippen molar-refractivity contribution in [3.05, 3.63) is 58.9 Å². The first kappa shape index (κ1) is 15.8. The normalized spacial score (nSPS) is 10.1. The van der Waals surface area contributed by atoms with Crippen LogP contribution in [0.5, 0.6) is 0 Å². The average Bonchev–Trinajstić information content (AvgIpc) is 2.48. The van der Waals surface area contributed by atoms with Crippen LogP contribution in [-0.2, 0) is 9.53 Å². The fourth-order valence-corrected chi connectivity index (χ4v) is 1.77. The Kier molecular flexibility index (Phi) is 4.95. The molecular weight excluding hydrogens is 311 g/mol. The van der Waals surface area contributed by atoms with Gasteiger partial charge in [-0.2, -0.15) is 0 Å². The molecule has 0 aliphatic heterocycles. The number of nitrogens with two attached hydrogens (primary N) is 1. The van der Waals surface area contributed by atoms with Crippen molar-refractivity contribution >= 4 is 34.9 Å². The summed E-state index contributed by atoms with van der Waals surface area (Å²) in [6, 6.07) is 9.86. The SMILES string of the molecule is Nc1ccc(C(=O)OCC(=O)Nc2ccc(Cl)cc2F)cc1. The molecule has 2 aromatic carbocycles. The van der Waals surface area contributed by atoms with Gasteiger partial charge in [-0.3, -0.25) is 4.79 Å². The highest BCUT2D eigenvalue weighted by Gasteiger charge is 2.12. The van der Waals surface area contributed by atoms with Crippen LogP contribution in [0.25, 0.3) is 0 Å². The van der Waals surface area contributed by atoms with E-state index in [2.05, 4.69) is 5.32 Å². The molecule has 0 saturated heterocycles. The Bertz CT molecular complexity index is 704. The molecule has 0 unspecified atom stereocenters. The van der Waals surface area contributed by atoms with Crippen LogP contribution < -0.4 is 11.1 Å². The van der Waals surface area contributed by atoms with Gasteiger partial charge in [-0.1, -0.05) is 11.6 Å². The zero-order valence-corrected chi connectivity index (χ0v) is 12.1. The van der Waals surface area contributed by atoms with E-state index < -0.39 is 24.3 Å². The lowest BCUT2D eigenvalue weighted by molar-refractivity contribution is -0.119. The monoisotopic (exact) mass is 322 g/mol. The Morgan fingerprint density at radius 3 is 2.50 bits per heavy atom. The molecule has 3 N–H and O–H groups in total. The van der Waals surface area contributed by atoms with Crippen LogP contribution in [-0.4, -0.2) is 18.5 Å². The van der Waals surface area contributed by atoms with Gasteiger partial charge in [0, 0.05) is 10.7 Å².